The molecular formula is C31H38N2O5. The van der Waals surface area contributed by atoms with Crippen molar-refractivity contribution in [2.75, 3.05) is 13.7 Å². The number of amides is 1. The van der Waals surface area contributed by atoms with Gasteiger partial charge in [0.05, 0.1) is 13.2 Å². The quantitative estimate of drug-likeness (QED) is 0.322. The third kappa shape index (κ3) is 8.92. The third-order valence-corrected chi connectivity index (χ3v) is 5.88. The van der Waals surface area contributed by atoms with Crippen LogP contribution < -0.4 is 15.4 Å². The van der Waals surface area contributed by atoms with Crippen LogP contribution >= 0.6 is 0 Å². The molecule has 0 saturated heterocycles. The van der Waals surface area contributed by atoms with Crippen LogP contribution in [0.2, 0.25) is 0 Å². The molecule has 0 radical (unpaired) electrons. The molecule has 0 fully saturated rings. The highest BCUT2D eigenvalue weighted by atomic mass is 16.6. The zero-order chi connectivity index (χ0) is 27.6. The van der Waals surface area contributed by atoms with E-state index >= 15 is 0 Å². The van der Waals surface area contributed by atoms with Crippen LogP contribution in [-0.4, -0.2) is 36.9 Å². The largest absolute Gasteiger partial charge is 0.492 e. The molecule has 202 valence electrons. The Labute approximate surface area is 225 Å². The number of benzene rings is 3. The Morgan fingerprint density at radius 3 is 2.11 bits per heavy atom. The van der Waals surface area contributed by atoms with Crippen molar-refractivity contribution in [2.45, 2.75) is 57.8 Å². The molecule has 3 aromatic carbocycles. The first-order valence-corrected chi connectivity index (χ1v) is 12.7. The number of rotatable bonds is 11. The van der Waals surface area contributed by atoms with Gasteiger partial charge in [-0.3, -0.25) is 0 Å². The van der Waals surface area contributed by atoms with Crippen molar-refractivity contribution in [3.8, 4) is 5.75 Å². The lowest BCUT2D eigenvalue weighted by Crippen LogP contribution is -2.55. The lowest BCUT2D eigenvalue weighted by Gasteiger charge is -2.30. The fraction of sp³-hybridized carbons (Fsp3) is 0.355. The number of hydrogen-bond donors (Lipinski definition) is 2. The number of nitrogens with one attached hydrogen (secondary N) is 2. The summed E-state index contributed by atoms with van der Waals surface area (Å²) in [5, 5.41) is 6.28. The van der Waals surface area contributed by atoms with Crippen molar-refractivity contribution >= 4 is 12.1 Å². The molecule has 38 heavy (non-hydrogen) atoms. The lowest BCUT2D eigenvalue weighted by atomic mass is 9.93. The summed E-state index contributed by atoms with van der Waals surface area (Å²) in [6.07, 6.45) is -0.488. The van der Waals surface area contributed by atoms with Crippen LogP contribution in [0.25, 0.3) is 0 Å². The molecular weight excluding hydrogens is 480 g/mol. The van der Waals surface area contributed by atoms with Gasteiger partial charge in [0.15, 0.2) is 0 Å². The number of carbonyl (C=O) groups is 2. The molecule has 0 aliphatic rings. The van der Waals surface area contributed by atoms with E-state index in [2.05, 4.69) is 34.9 Å². The van der Waals surface area contributed by atoms with Crippen molar-refractivity contribution in [1.82, 2.24) is 10.6 Å². The highest BCUT2D eigenvalue weighted by molar-refractivity contribution is 5.85. The number of carbonyl (C=O) groups excluding carboxylic acids is 2. The van der Waals surface area contributed by atoms with Crippen molar-refractivity contribution in [3.63, 3.8) is 0 Å². The van der Waals surface area contributed by atoms with Crippen LogP contribution in [0.3, 0.4) is 0 Å². The monoisotopic (exact) mass is 518 g/mol. The van der Waals surface area contributed by atoms with E-state index in [4.69, 9.17) is 14.2 Å². The highest BCUT2D eigenvalue weighted by Gasteiger charge is 2.38. The smallest absolute Gasteiger partial charge is 0.408 e. The second-order valence-corrected chi connectivity index (χ2v) is 10.4. The predicted molar refractivity (Wildman–Crippen MR) is 148 cm³/mol. The van der Waals surface area contributed by atoms with Gasteiger partial charge in [-0.1, -0.05) is 72.8 Å². The Bertz CT molecular complexity index is 1180. The first-order chi connectivity index (χ1) is 18.1. The van der Waals surface area contributed by atoms with Gasteiger partial charge >= 0.3 is 12.1 Å². The average Bonchev–Trinajstić information content (AvgIpc) is 2.88. The van der Waals surface area contributed by atoms with Crippen molar-refractivity contribution in [1.29, 1.82) is 0 Å². The topological polar surface area (TPSA) is 85.9 Å². The van der Waals surface area contributed by atoms with Crippen LogP contribution in [0.4, 0.5) is 4.79 Å². The highest BCUT2D eigenvalue weighted by Crippen LogP contribution is 2.22. The van der Waals surface area contributed by atoms with Gasteiger partial charge in [0, 0.05) is 13.0 Å². The minimum atomic E-state index is -1.32. The van der Waals surface area contributed by atoms with Crippen LogP contribution in [0.15, 0.2) is 84.9 Å². The number of hydrogen-bond acceptors (Lipinski definition) is 6. The Morgan fingerprint density at radius 1 is 0.842 bits per heavy atom. The summed E-state index contributed by atoms with van der Waals surface area (Å²) in [6, 6.07) is 27.9. The Balaban J connectivity index is 1.71. The van der Waals surface area contributed by atoms with E-state index in [9.17, 15) is 9.59 Å². The Hall–Kier alpha value is -3.84. The third-order valence-electron chi connectivity index (χ3n) is 5.88. The fourth-order valence-electron chi connectivity index (χ4n) is 4.05. The van der Waals surface area contributed by atoms with E-state index in [0.717, 1.165) is 11.1 Å². The molecule has 7 heteroatoms. The molecule has 3 aromatic rings. The number of methoxy groups -OCH3 is 1. The summed E-state index contributed by atoms with van der Waals surface area (Å²) in [6.45, 7) is 8.03. The molecule has 0 spiro atoms. The van der Waals surface area contributed by atoms with Crippen LogP contribution in [0.5, 0.6) is 5.75 Å². The van der Waals surface area contributed by atoms with E-state index in [1.807, 2.05) is 60.7 Å². The summed E-state index contributed by atoms with van der Waals surface area (Å²) in [4.78, 5) is 25.1. The van der Waals surface area contributed by atoms with Crippen molar-refractivity contribution in [2.24, 2.45) is 0 Å². The first-order valence-electron chi connectivity index (χ1n) is 12.7. The summed E-state index contributed by atoms with van der Waals surface area (Å²) < 4.78 is 16.6. The molecule has 0 aliphatic heterocycles. The number of esters is 1. The molecule has 0 aliphatic carbocycles. The molecule has 2 N–H and O–H groups in total. The summed E-state index contributed by atoms with van der Waals surface area (Å²) >= 11 is 0. The van der Waals surface area contributed by atoms with Gasteiger partial charge in [0.25, 0.3) is 0 Å². The Morgan fingerprint density at radius 2 is 1.47 bits per heavy atom. The molecule has 3 rings (SSSR count). The molecule has 0 aromatic heterocycles. The minimum absolute atomic E-state index is 0.0331. The molecule has 0 saturated carbocycles. The van der Waals surface area contributed by atoms with Crippen LogP contribution in [0.1, 0.15) is 50.4 Å². The van der Waals surface area contributed by atoms with Gasteiger partial charge in [0.2, 0.25) is 0 Å². The van der Waals surface area contributed by atoms with E-state index in [-0.39, 0.29) is 12.5 Å². The minimum Gasteiger partial charge on any atom is -0.492 e. The van der Waals surface area contributed by atoms with Crippen molar-refractivity contribution in [3.05, 3.63) is 102 Å². The predicted octanol–water partition coefficient (Wildman–Crippen LogP) is 5.60. The van der Waals surface area contributed by atoms with E-state index < -0.39 is 23.2 Å². The van der Waals surface area contributed by atoms with Crippen LogP contribution in [0, 0.1) is 0 Å². The van der Waals surface area contributed by atoms with Gasteiger partial charge in [-0.2, -0.15) is 0 Å². The maximum atomic E-state index is 12.7. The standard InChI is InChI=1S/C31H38N2O5/c1-30(2,3)38-29(35)33-31(4,28(34)36-5)20-24-15-12-18-26(19-24)37-22-27(25-16-10-7-11-17-25)32-21-23-13-8-6-9-14-23/h6-19,27,32H,20-22H2,1-5H3,(H,33,35). The van der Waals surface area contributed by atoms with Gasteiger partial charge in [-0.15, -0.1) is 0 Å². The van der Waals surface area contributed by atoms with Crippen molar-refractivity contribution < 1.29 is 23.8 Å². The normalized spacial score (nSPS) is 13.6. The van der Waals surface area contributed by atoms with E-state index in [0.29, 0.717) is 18.9 Å². The average molecular weight is 519 g/mol. The van der Waals surface area contributed by atoms with Gasteiger partial charge in [-0.05, 0) is 56.5 Å². The molecule has 2 atom stereocenters. The maximum absolute atomic E-state index is 12.7. The van der Waals surface area contributed by atoms with Gasteiger partial charge in [-0.25, -0.2) is 9.59 Å². The zero-order valence-corrected chi connectivity index (χ0v) is 22.8. The molecule has 0 bridgehead atoms. The fourth-order valence-corrected chi connectivity index (χ4v) is 4.05. The molecule has 7 nitrogen and oxygen atoms in total. The Kier molecular flexibility index (Phi) is 9.91. The molecule has 2 unspecified atom stereocenters. The lowest BCUT2D eigenvalue weighted by molar-refractivity contribution is -0.147. The first kappa shape index (κ1) is 28.7. The second kappa shape index (κ2) is 13.1. The summed E-state index contributed by atoms with van der Waals surface area (Å²) in [5.74, 6) is 0.0957. The van der Waals surface area contributed by atoms with Gasteiger partial charge in [0.1, 0.15) is 23.5 Å². The number of alkyl carbamates (subject to hydrolysis) is 1. The van der Waals surface area contributed by atoms with E-state index in [1.165, 1.54) is 12.7 Å². The summed E-state index contributed by atoms with van der Waals surface area (Å²) in [7, 11) is 1.29. The van der Waals surface area contributed by atoms with Crippen LogP contribution in [-0.2, 0) is 27.2 Å². The maximum Gasteiger partial charge on any atom is 0.408 e. The molecule has 1 amide bonds. The SMILES string of the molecule is COC(=O)C(C)(Cc1cccc(OCC(NCc2ccccc2)c2ccccc2)c1)NC(=O)OC(C)(C)C. The van der Waals surface area contributed by atoms with E-state index in [1.54, 1.807) is 27.7 Å². The summed E-state index contributed by atoms with van der Waals surface area (Å²) in [5.41, 5.74) is 1.10. The zero-order valence-electron chi connectivity index (χ0n) is 22.8. The van der Waals surface area contributed by atoms with Gasteiger partial charge < -0.3 is 24.8 Å². The number of ether oxygens (including phenoxy) is 3. The second-order valence-electron chi connectivity index (χ2n) is 10.4. The molecule has 0 heterocycles.